The molecule has 2 fully saturated rings. The Balaban J connectivity index is 1.19. The van der Waals surface area contributed by atoms with Crippen LogP contribution in [-0.4, -0.2) is 59.9 Å². The summed E-state index contributed by atoms with van der Waals surface area (Å²) in [5.74, 6) is 0.199. The largest absolute Gasteiger partial charge is 0.369 e. The van der Waals surface area contributed by atoms with Gasteiger partial charge >= 0.3 is 0 Å². The van der Waals surface area contributed by atoms with E-state index in [4.69, 9.17) is 0 Å². The fourth-order valence-corrected chi connectivity index (χ4v) is 5.15. The molecule has 7 nitrogen and oxygen atoms in total. The van der Waals surface area contributed by atoms with Crippen molar-refractivity contribution in [3.05, 3.63) is 88.3 Å². The second kappa shape index (κ2) is 10.3. The van der Waals surface area contributed by atoms with Crippen molar-refractivity contribution in [3.8, 4) is 0 Å². The summed E-state index contributed by atoms with van der Waals surface area (Å²) in [4.78, 5) is 32.6. The summed E-state index contributed by atoms with van der Waals surface area (Å²) in [7, 11) is 0. The van der Waals surface area contributed by atoms with E-state index in [0.29, 0.717) is 13.1 Å². The van der Waals surface area contributed by atoms with Crippen LogP contribution in [0.3, 0.4) is 0 Å². The second-order valence-electron chi connectivity index (χ2n) is 9.63. The molecular weight excluding hydrogens is 438 g/mol. The number of carbonyl (C=O) groups is 1. The zero-order valence-electron chi connectivity index (χ0n) is 20.3. The van der Waals surface area contributed by atoms with Crippen molar-refractivity contribution < 1.29 is 4.79 Å². The lowest BCUT2D eigenvalue weighted by atomic mass is 9.96. The van der Waals surface area contributed by atoms with Gasteiger partial charge in [0, 0.05) is 51.0 Å². The highest BCUT2D eigenvalue weighted by molar-refractivity contribution is 5.80. The molecule has 5 rings (SSSR count). The van der Waals surface area contributed by atoms with Crippen molar-refractivity contribution in [1.29, 1.82) is 0 Å². The third kappa shape index (κ3) is 5.39. The smallest absolute Gasteiger partial charge is 0.269 e. The zero-order valence-corrected chi connectivity index (χ0v) is 20.3. The maximum atomic E-state index is 13.4. The van der Waals surface area contributed by atoms with Crippen LogP contribution in [0.4, 0.5) is 11.4 Å². The van der Waals surface area contributed by atoms with E-state index in [1.54, 1.807) is 12.3 Å². The SMILES string of the molecule is Cc1cccc(N2CCN(C(=O)[C@H]3CCCN(c4cnn(Cc5ccccc5)c(=O)c4)C3)CC2)c1. The average Bonchev–Trinajstić information content (AvgIpc) is 2.90. The van der Waals surface area contributed by atoms with Crippen molar-refractivity contribution in [2.75, 3.05) is 49.1 Å². The minimum atomic E-state index is -0.118. The molecule has 2 saturated heterocycles. The van der Waals surface area contributed by atoms with Gasteiger partial charge in [-0.3, -0.25) is 9.59 Å². The minimum absolute atomic E-state index is 0.0407. The molecule has 7 heteroatoms. The number of hydrogen-bond acceptors (Lipinski definition) is 5. The summed E-state index contributed by atoms with van der Waals surface area (Å²) in [5.41, 5.74) is 4.22. The van der Waals surface area contributed by atoms with Crippen LogP contribution < -0.4 is 15.4 Å². The highest BCUT2D eigenvalue weighted by atomic mass is 16.2. The number of anilines is 2. The van der Waals surface area contributed by atoms with Gasteiger partial charge in [-0.05, 0) is 43.0 Å². The van der Waals surface area contributed by atoms with Gasteiger partial charge in [-0.25, -0.2) is 4.68 Å². The number of piperazine rings is 1. The molecule has 0 saturated carbocycles. The number of amides is 1. The van der Waals surface area contributed by atoms with Crippen molar-refractivity contribution in [2.24, 2.45) is 5.92 Å². The topological polar surface area (TPSA) is 61.7 Å². The summed E-state index contributed by atoms with van der Waals surface area (Å²) in [6, 6.07) is 20.1. The number of benzene rings is 2. The van der Waals surface area contributed by atoms with E-state index in [1.807, 2.05) is 35.2 Å². The predicted molar refractivity (Wildman–Crippen MR) is 139 cm³/mol. The van der Waals surface area contributed by atoms with Gasteiger partial charge in [0.1, 0.15) is 0 Å². The van der Waals surface area contributed by atoms with Gasteiger partial charge in [0.2, 0.25) is 5.91 Å². The van der Waals surface area contributed by atoms with Crippen LogP contribution in [0.1, 0.15) is 24.0 Å². The molecule has 2 aliphatic heterocycles. The van der Waals surface area contributed by atoms with Crippen molar-refractivity contribution >= 4 is 17.3 Å². The molecular formula is C28H33N5O2. The van der Waals surface area contributed by atoms with Gasteiger partial charge in [-0.15, -0.1) is 0 Å². The van der Waals surface area contributed by atoms with Gasteiger partial charge in [-0.2, -0.15) is 5.10 Å². The third-order valence-corrected chi connectivity index (χ3v) is 7.12. The maximum absolute atomic E-state index is 13.4. The van der Waals surface area contributed by atoms with E-state index in [2.05, 4.69) is 46.1 Å². The highest BCUT2D eigenvalue weighted by Crippen LogP contribution is 2.25. The molecule has 1 amide bonds. The number of piperidine rings is 1. The Morgan fingerprint density at radius 3 is 2.46 bits per heavy atom. The first-order valence-electron chi connectivity index (χ1n) is 12.5. The first-order valence-corrected chi connectivity index (χ1v) is 12.5. The summed E-state index contributed by atoms with van der Waals surface area (Å²) >= 11 is 0. The molecule has 3 heterocycles. The first kappa shape index (κ1) is 23.1. The molecule has 3 aromatic rings. The van der Waals surface area contributed by atoms with Crippen LogP contribution >= 0.6 is 0 Å². The van der Waals surface area contributed by atoms with Crippen LogP contribution in [-0.2, 0) is 11.3 Å². The van der Waals surface area contributed by atoms with E-state index in [1.165, 1.54) is 15.9 Å². The van der Waals surface area contributed by atoms with Gasteiger partial charge in [0.25, 0.3) is 5.56 Å². The lowest BCUT2D eigenvalue weighted by Gasteiger charge is -2.40. The minimum Gasteiger partial charge on any atom is -0.369 e. The van der Waals surface area contributed by atoms with Crippen molar-refractivity contribution in [2.45, 2.75) is 26.3 Å². The number of hydrogen-bond donors (Lipinski definition) is 0. The monoisotopic (exact) mass is 471 g/mol. The van der Waals surface area contributed by atoms with Crippen LogP contribution in [0.15, 0.2) is 71.7 Å². The van der Waals surface area contributed by atoms with E-state index in [-0.39, 0.29) is 17.4 Å². The van der Waals surface area contributed by atoms with Gasteiger partial charge in [0.15, 0.2) is 0 Å². The molecule has 0 unspecified atom stereocenters. The van der Waals surface area contributed by atoms with Gasteiger partial charge in [-0.1, -0.05) is 42.5 Å². The van der Waals surface area contributed by atoms with Crippen molar-refractivity contribution in [1.82, 2.24) is 14.7 Å². The molecule has 0 spiro atoms. The molecule has 0 bridgehead atoms. The maximum Gasteiger partial charge on any atom is 0.269 e. The second-order valence-corrected chi connectivity index (χ2v) is 9.63. The molecule has 0 radical (unpaired) electrons. The molecule has 182 valence electrons. The molecule has 0 aliphatic carbocycles. The Hall–Kier alpha value is -3.61. The van der Waals surface area contributed by atoms with Crippen LogP contribution in [0.25, 0.3) is 0 Å². The summed E-state index contributed by atoms with van der Waals surface area (Å²) in [6.45, 7) is 7.26. The Morgan fingerprint density at radius 1 is 0.914 bits per heavy atom. The Labute approximate surface area is 206 Å². The van der Waals surface area contributed by atoms with Crippen LogP contribution in [0.2, 0.25) is 0 Å². The third-order valence-electron chi connectivity index (χ3n) is 7.12. The van der Waals surface area contributed by atoms with E-state index in [9.17, 15) is 9.59 Å². The number of aromatic nitrogens is 2. The lowest BCUT2D eigenvalue weighted by molar-refractivity contribution is -0.136. The van der Waals surface area contributed by atoms with Gasteiger partial charge in [0.05, 0.1) is 24.3 Å². The van der Waals surface area contributed by atoms with Crippen LogP contribution in [0.5, 0.6) is 0 Å². The summed E-state index contributed by atoms with van der Waals surface area (Å²) in [6.07, 6.45) is 3.59. The Morgan fingerprint density at radius 2 is 1.71 bits per heavy atom. The fraction of sp³-hybridized carbons (Fsp3) is 0.393. The summed E-state index contributed by atoms with van der Waals surface area (Å²) in [5, 5.41) is 4.41. The number of nitrogens with zero attached hydrogens (tertiary/aromatic N) is 5. The fourth-order valence-electron chi connectivity index (χ4n) is 5.15. The summed E-state index contributed by atoms with van der Waals surface area (Å²) < 4.78 is 1.49. The number of rotatable bonds is 5. The molecule has 1 aromatic heterocycles. The number of carbonyl (C=O) groups excluding carboxylic acids is 1. The van der Waals surface area contributed by atoms with Crippen LogP contribution in [0, 0.1) is 12.8 Å². The molecule has 2 aromatic carbocycles. The average molecular weight is 472 g/mol. The standard InChI is InChI=1S/C28H33N5O2/c1-22-7-5-11-25(17-22)30-13-15-31(16-14-30)28(35)24-10-6-12-32(21-24)26-18-27(34)33(29-19-26)20-23-8-3-2-4-9-23/h2-5,7-9,11,17-19,24H,6,10,12-16,20-21H2,1H3/t24-/m0/s1. The Kier molecular flexibility index (Phi) is 6.84. The molecule has 0 N–H and O–H groups in total. The zero-order chi connectivity index (χ0) is 24.2. The molecule has 2 aliphatic rings. The van der Waals surface area contributed by atoms with Crippen molar-refractivity contribution in [3.63, 3.8) is 0 Å². The van der Waals surface area contributed by atoms with E-state index < -0.39 is 0 Å². The normalized spacial score (nSPS) is 18.5. The molecule has 1 atom stereocenters. The predicted octanol–water partition coefficient (Wildman–Crippen LogP) is 3.17. The molecule has 35 heavy (non-hydrogen) atoms. The van der Waals surface area contributed by atoms with E-state index in [0.717, 1.165) is 56.8 Å². The highest BCUT2D eigenvalue weighted by Gasteiger charge is 2.31. The lowest BCUT2D eigenvalue weighted by Crippen LogP contribution is -2.52. The quantitative estimate of drug-likeness (QED) is 0.572. The first-order chi connectivity index (χ1) is 17.1. The number of aryl methyl sites for hydroxylation is 1. The van der Waals surface area contributed by atoms with E-state index >= 15 is 0 Å². The van der Waals surface area contributed by atoms with Gasteiger partial charge < -0.3 is 14.7 Å². The Bertz CT molecular complexity index is 1220.